The van der Waals surface area contributed by atoms with Crippen molar-refractivity contribution in [3.63, 3.8) is 0 Å². The Bertz CT molecular complexity index is 1090. The molecule has 8 nitrogen and oxygen atoms in total. The third-order valence-electron chi connectivity index (χ3n) is 4.05. The smallest absolute Gasteiger partial charge is 0.280 e. The average molecular weight is 381 g/mol. The highest BCUT2D eigenvalue weighted by Crippen LogP contribution is 2.38. The molecule has 0 aromatic heterocycles. The third kappa shape index (κ3) is 3.03. The maximum atomic E-state index is 14.6. The average Bonchev–Trinajstić information content (AvgIpc) is 2.67. The van der Waals surface area contributed by atoms with Crippen LogP contribution in [0.1, 0.15) is 15.9 Å². The van der Waals surface area contributed by atoms with Crippen molar-refractivity contribution in [3.8, 4) is 18.1 Å². The van der Waals surface area contributed by atoms with E-state index in [0.717, 1.165) is 18.2 Å². The highest BCUT2D eigenvalue weighted by Gasteiger charge is 2.30. The zero-order chi connectivity index (χ0) is 20.4. The van der Waals surface area contributed by atoms with Crippen LogP contribution in [0.15, 0.2) is 48.0 Å². The van der Waals surface area contributed by atoms with Crippen LogP contribution in [0.25, 0.3) is 0 Å². The number of carbonyl (C=O) groups excluding carboxylic acids is 2. The van der Waals surface area contributed by atoms with Gasteiger partial charge < -0.3 is 15.4 Å². The molecule has 0 aliphatic carbocycles. The fourth-order valence-electron chi connectivity index (χ4n) is 2.80. The lowest BCUT2D eigenvalue weighted by Crippen LogP contribution is -2.33. The number of hydrogen-bond donors (Lipinski definition) is 1. The van der Waals surface area contributed by atoms with E-state index in [4.69, 9.17) is 16.9 Å². The van der Waals surface area contributed by atoms with E-state index in [0.29, 0.717) is 6.29 Å². The number of ether oxygens (including phenoxy) is 1. The number of aldehydes is 1. The SMILES string of the molecule is C#CCN1C(C=O)=C(N)Oc2cc(F)c(C(=O)c3ccccc3[N+](=O)[O-])cc21. The molecule has 0 spiro atoms. The van der Waals surface area contributed by atoms with Crippen LogP contribution in [-0.4, -0.2) is 23.5 Å². The number of nitrogens with two attached hydrogens (primary N) is 1. The lowest BCUT2D eigenvalue weighted by Gasteiger charge is -2.30. The van der Waals surface area contributed by atoms with Crippen molar-refractivity contribution in [3.05, 3.63) is 75.0 Å². The van der Waals surface area contributed by atoms with Gasteiger partial charge >= 0.3 is 0 Å². The summed E-state index contributed by atoms with van der Waals surface area (Å²) in [6, 6.07) is 7.23. The van der Waals surface area contributed by atoms with Crippen LogP contribution < -0.4 is 15.4 Å². The first kappa shape index (κ1) is 18.6. The number of allylic oxidation sites excluding steroid dienone is 1. The highest BCUT2D eigenvalue weighted by atomic mass is 19.1. The molecule has 0 bridgehead atoms. The lowest BCUT2D eigenvalue weighted by atomic mass is 9.99. The molecule has 2 N–H and O–H groups in total. The van der Waals surface area contributed by atoms with Crippen molar-refractivity contribution >= 4 is 23.4 Å². The van der Waals surface area contributed by atoms with Crippen LogP contribution in [0.3, 0.4) is 0 Å². The molecule has 0 radical (unpaired) electrons. The Labute approximate surface area is 158 Å². The minimum absolute atomic E-state index is 0.0463. The number of carbonyl (C=O) groups is 2. The van der Waals surface area contributed by atoms with Gasteiger partial charge in [0.25, 0.3) is 5.69 Å². The maximum Gasteiger partial charge on any atom is 0.280 e. The number of rotatable bonds is 5. The summed E-state index contributed by atoms with van der Waals surface area (Å²) in [6.07, 6.45) is 5.74. The Morgan fingerprint density at radius 2 is 2.07 bits per heavy atom. The molecule has 1 aliphatic rings. The van der Waals surface area contributed by atoms with Gasteiger partial charge in [0.1, 0.15) is 17.1 Å². The Morgan fingerprint density at radius 3 is 2.71 bits per heavy atom. The Kier molecular flexibility index (Phi) is 4.78. The number of halogens is 1. The standard InChI is InChI=1S/C19H12FN3O5/c1-2-7-22-15-8-12(13(20)9-17(15)28-19(21)16(22)10-24)18(25)11-5-3-4-6-14(11)23(26)27/h1,3-6,8-10H,7,21H2. The molecule has 0 atom stereocenters. The molecule has 28 heavy (non-hydrogen) atoms. The van der Waals surface area contributed by atoms with Crippen LogP contribution in [0.5, 0.6) is 5.75 Å². The summed E-state index contributed by atoms with van der Waals surface area (Å²) in [6.45, 7) is -0.101. The Hall–Kier alpha value is -4.19. The molecule has 0 amide bonds. The molecule has 0 saturated carbocycles. The monoisotopic (exact) mass is 381 g/mol. The number of nitro groups is 1. The van der Waals surface area contributed by atoms with Crippen molar-refractivity contribution in [2.24, 2.45) is 5.73 Å². The number of anilines is 1. The van der Waals surface area contributed by atoms with Crippen molar-refractivity contribution in [1.29, 1.82) is 0 Å². The van der Waals surface area contributed by atoms with Gasteiger partial charge in [-0.15, -0.1) is 6.42 Å². The molecule has 0 saturated heterocycles. The number of terminal acetylenes is 1. The zero-order valence-electron chi connectivity index (χ0n) is 14.2. The normalized spacial score (nSPS) is 12.6. The summed E-state index contributed by atoms with van der Waals surface area (Å²) < 4.78 is 19.9. The van der Waals surface area contributed by atoms with E-state index >= 15 is 0 Å². The van der Waals surface area contributed by atoms with Gasteiger partial charge in [0.05, 0.1) is 22.7 Å². The highest BCUT2D eigenvalue weighted by molar-refractivity contribution is 6.12. The molecule has 0 unspecified atom stereocenters. The van der Waals surface area contributed by atoms with Crippen LogP contribution in [-0.2, 0) is 4.79 Å². The predicted molar refractivity (Wildman–Crippen MR) is 97.0 cm³/mol. The van der Waals surface area contributed by atoms with E-state index in [2.05, 4.69) is 5.92 Å². The van der Waals surface area contributed by atoms with Crippen LogP contribution in [0.4, 0.5) is 15.8 Å². The van der Waals surface area contributed by atoms with E-state index in [1.807, 2.05) is 0 Å². The Morgan fingerprint density at radius 1 is 1.36 bits per heavy atom. The summed E-state index contributed by atoms with van der Waals surface area (Å²) in [5.41, 5.74) is 4.54. The van der Waals surface area contributed by atoms with Gasteiger partial charge in [-0.05, 0) is 12.1 Å². The lowest BCUT2D eigenvalue weighted by molar-refractivity contribution is -0.385. The summed E-state index contributed by atoms with van der Waals surface area (Å²) in [7, 11) is 0. The zero-order valence-corrected chi connectivity index (χ0v) is 14.2. The van der Waals surface area contributed by atoms with Crippen molar-refractivity contribution in [1.82, 2.24) is 0 Å². The topological polar surface area (TPSA) is 116 Å². The van der Waals surface area contributed by atoms with Crippen molar-refractivity contribution < 1.29 is 23.6 Å². The number of nitro benzene ring substituents is 1. The molecule has 3 rings (SSSR count). The second kappa shape index (κ2) is 7.20. The minimum Gasteiger partial charge on any atom is -0.437 e. The van der Waals surface area contributed by atoms with Gasteiger partial charge in [-0.2, -0.15) is 0 Å². The molecule has 1 aliphatic heterocycles. The predicted octanol–water partition coefficient (Wildman–Crippen LogP) is 2.12. The van der Waals surface area contributed by atoms with Gasteiger partial charge in [0.2, 0.25) is 11.7 Å². The number of para-hydroxylation sites is 1. The molecular formula is C19H12FN3O5. The number of hydrogen-bond acceptors (Lipinski definition) is 7. The van der Waals surface area contributed by atoms with Gasteiger partial charge in [0.15, 0.2) is 12.0 Å². The van der Waals surface area contributed by atoms with E-state index in [1.165, 1.54) is 23.1 Å². The quantitative estimate of drug-likeness (QED) is 0.277. The largest absolute Gasteiger partial charge is 0.437 e. The van der Waals surface area contributed by atoms with E-state index in [-0.39, 0.29) is 35.1 Å². The first-order chi connectivity index (χ1) is 13.4. The Balaban J connectivity index is 2.16. The van der Waals surface area contributed by atoms with Gasteiger partial charge in [-0.3, -0.25) is 19.7 Å². The fraction of sp³-hybridized carbons (Fsp3) is 0.0526. The van der Waals surface area contributed by atoms with Crippen LogP contribution in [0, 0.1) is 28.3 Å². The molecule has 9 heteroatoms. The summed E-state index contributed by atoms with van der Waals surface area (Å²) >= 11 is 0. The molecular weight excluding hydrogens is 369 g/mol. The van der Waals surface area contributed by atoms with Crippen molar-refractivity contribution in [2.75, 3.05) is 11.4 Å². The molecule has 2 aromatic rings. The van der Waals surface area contributed by atoms with Gasteiger partial charge in [-0.1, -0.05) is 18.1 Å². The maximum absolute atomic E-state index is 14.6. The van der Waals surface area contributed by atoms with Gasteiger partial charge in [0, 0.05) is 12.1 Å². The van der Waals surface area contributed by atoms with Crippen molar-refractivity contribution in [2.45, 2.75) is 0 Å². The summed E-state index contributed by atoms with van der Waals surface area (Å²) in [5.74, 6) is 0.154. The second-order valence-electron chi connectivity index (χ2n) is 5.66. The molecule has 140 valence electrons. The molecule has 2 aromatic carbocycles. The first-order valence-corrected chi connectivity index (χ1v) is 7.84. The third-order valence-corrected chi connectivity index (χ3v) is 4.05. The summed E-state index contributed by atoms with van der Waals surface area (Å²) in [4.78, 5) is 35.9. The van der Waals surface area contributed by atoms with E-state index in [1.54, 1.807) is 0 Å². The van der Waals surface area contributed by atoms with E-state index in [9.17, 15) is 24.1 Å². The first-order valence-electron chi connectivity index (χ1n) is 7.84. The number of fused-ring (bicyclic) bond motifs is 1. The number of ketones is 1. The number of nitrogens with zero attached hydrogens (tertiary/aromatic N) is 2. The molecule has 0 fully saturated rings. The minimum atomic E-state index is -0.968. The van der Waals surface area contributed by atoms with Gasteiger partial charge in [-0.25, -0.2) is 4.39 Å². The van der Waals surface area contributed by atoms with Crippen LogP contribution in [0.2, 0.25) is 0 Å². The number of benzene rings is 2. The van der Waals surface area contributed by atoms with Crippen LogP contribution >= 0.6 is 0 Å². The second-order valence-corrected chi connectivity index (χ2v) is 5.66. The molecule has 1 heterocycles. The summed E-state index contributed by atoms with van der Waals surface area (Å²) in [5, 5.41) is 11.2. The van der Waals surface area contributed by atoms with E-state index < -0.39 is 27.8 Å². The fourth-order valence-corrected chi connectivity index (χ4v) is 2.80.